The van der Waals surface area contributed by atoms with Gasteiger partial charge in [-0.3, -0.25) is 0 Å². The molecule has 1 nitrogen and oxygen atoms in total. The minimum Gasteiger partial charge on any atom is -0.365 e. The van der Waals surface area contributed by atoms with E-state index in [0.29, 0.717) is 6.04 Å². The molecule has 24 heavy (non-hydrogen) atoms. The van der Waals surface area contributed by atoms with Crippen molar-refractivity contribution < 1.29 is 0 Å². The van der Waals surface area contributed by atoms with Crippen molar-refractivity contribution in [1.29, 1.82) is 0 Å². The highest BCUT2D eigenvalue weighted by Crippen LogP contribution is 2.21. The Morgan fingerprint density at radius 1 is 1.12 bits per heavy atom. The summed E-state index contributed by atoms with van der Waals surface area (Å²) in [7, 11) is 0. The van der Waals surface area contributed by atoms with Crippen LogP contribution in [0.2, 0.25) is 0 Å². The van der Waals surface area contributed by atoms with Gasteiger partial charge in [-0.1, -0.05) is 74.4 Å². The fourth-order valence-electron chi connectivity index (χ4n) is 2.92. The van der Waals surface area contributed by atoms with Crippen LogP contribution in [0.25, 0.3) is 5.57 Å². The van der Waals surface area contributed by atoms with Gasteiger partial charge in [0, 0.05) is 18.3 Å². The lowest BCUT2D eigenvalue weighted by Crippen LogP contribution is -2.32. The Hall–Kier alpha value is -1.76. The molecule has 1 unspecified atom stereocenters. The van der Waals surface area contributed by atoms with Gasteiger partial charge in [0.15, 0.2) is 0 Å². The second-order valence-electron chi connectivity index (χ2n) is 7.06. The van der Waals surface area contributed by atoms with Crippen molar-refractivity contribution in [3.05, 3.63) is 65.9 Å². The van der Waals surface area contributed by atoms with Crippen LogP contribution in [0.15, 0.2) is 54.8 Å². The van der Waals surface area contributed by atoms with E-state index in [4.69, 9.17) is 0 Å². The number of unbranched alkanes of at least 4 members (excludes halogenated alkanes) is 2. The van der Waals surface area contributed by atoms with E-state index in [-0.39, 0.29) is 0 Å². The molecule has 0 saturated heterocycles. The maximum atomic E-state index is 4.35. The topological polar surface area (TPSA) is 3.24 Å². The van der Waals surface area contributed by atoms with E-state index >= 15 is 0 Å². The maximum absolute atomic E-state index is 4.35. The zero-order valence-corrected chi connectivity index (χ0v) is 16.4. The molecule has 0 aliphatic rings. The van der Waals surface area contributed by atoms with Gasteiger partial charge in [0.05, 0.1) is 0 Å². The molecule has 0 radical (unpaired) electrons. The van der Waals surface area contributed by atoms with Gasteiger partial charge in [0.1, 0.15) is 0 Å². The summed E-state index contributed by atoms with van der Waals surface area (Å²) in [5.41, 5.74) is 6.31. The molecule has 1 aromatic rings. The summed E-state index contributed by atoms with van der Waals surface area (Å²) >= 11 is 0. The Morgan fingerprint density at radius 3 is 2.29 bits per heavy atom. The molecule has 132 valence electrons. The van der Waals surface area contributed by atoms with Crippen LogP contribution >= 0.6 is 0 Å². The van der Waals surface area contributed by atoms with Gasteiger partial charge in [-0.2, -0.15) is 0 Å². The molecule has 0 heterocycles. The highest BCUT2D eigenvalue weighted by atomic mass is 15.2. The van der Waals surface area contributed by atoms with Crippen LogP contribution in [-0.2, 0) is 0 Å². The summed E-state index contributed by atoms with van der Waals surface area (Å²) in [6.45, 7) is 20.2. The molecule has 0 aliphatic carbocycles. The van der Waals surface area contributed by atoms with E-state index < -0.39 is 0 Å². The zero-order valence-electron chi connectivity index (χ0n) is 16.4. The molecule has 1 atom stereocenters. The van der Waals surface area contributed by atoms with E-state index in [1.54, 1.807) is 0 Å². The van der Waals surface area contributed by atoms with E-state index in [1.165, 1.54) is 47.2 Å². The lowest BCUT2D eigenvalue weighted by Gasteiger charge is -2.32. The normalized spacial score (nSPS) is 12.8. The minimum absolute atomic E-state index is 0.317. The van der Waals surface area contributed by atoms with E-state index in [9.17, 15) is 0 Å². The van der Waals surface area contributed by atoms with Crippen molar-refractivity contribution in [1.82, 2.24) is 4.90 Å². The molecule has 0 aliphatic heterocycles. The SMILES string of the molecule is C=C(C)CN(C(=C)CCCCC)C(C)/C=C(\C)c1ccc(C)cc1. The largest absolute Gasteiger partial charge is 0.365 e. The summed E-state index contributed by atoms with van der Waals surface area (Å²) in [5, 5.41) is 0. The third kappa shape index (κ3) is 6.78. The monoisotopic (exact) mass is 325 g/mol. The number of benzene rings is 1. The molecule has 1 heteroatoms. The zero-order chi connectivity index (χ0) is 18.1. The summed E-state index contributed by atoms with van der Waals surface area (Å²) in [6, 6.07) is 9.07. The van der Waals surface area contributed by atoms with Gasteiger partial charge < -0.3 is 4.90 Å². The Bertz CT molecular complexity index is 562. The van der Waals surface area contributed by atoms with Crippen molar-refractivity contribution in [2.24, 2.45) is 0 Å². The molecule has 0 amide bonds. The van der Waals surface area contributed by atoms with Crippen LogP contribution in [0, 0.1) is 6.92 Å². The lowest BCUT2D eigenvalue weighted by atomic mass is 10.0. The standard InChI is InChI=1S/C23H35N/c1-8-9-10-11-21(6)24(17-18(2)3)22(7)16-20(5)23-14-12-19(4)13-15-23/h12-16,22H,2,6,8-11,17H2,1,3-5,7H3/b20-16+. The highest BCUT2D eigenvalue weighted by molar-refractivity contribution is 5.64. The van der Waals surface area contributed by atoms with Crippen LogP contribution in [0.4, 0.5) is 0 Å². The van der Waals surface area contributed by atoms with E-state index in [2.05, 4.69) is 83.0 Å². The second kappa shape index (κ2) is 10.2. The van der Waals surface area contributed by atoms with Crippen LogP contribution < -0.4 is 0 Å². The predicted octanol–water partition coefficient (Wildman–Crippen LogP) is 6.76. The molecular weight excluding hydrogens is 290 g/mol. The Labute approximate surface area is 149 Å². The molecule has 0 saturated carbocycles. The number of aryl methyl sites for hydroxylation is 1. The number of rotatable bonds is 10. The second-order valence-corrected chi connectivity index (χ2v) is 7.06. The fourth-order valence-corrected chi connectivity index (χ4v) is 2.92. The molecule has 1 rings (SSSR count). The smallest absolute Gasteiger partial charge is 0.0451 e. The van der Waals surface area contributed by atoms with E-state index in [0.717, 1.165) is 13.0 Å². The first-order chi connectivity index (χ1) is 11.3. The van der Waals surface area contributed by atoms with Gasteiger partial charge in [0.2, 0.25) is 0 Å². The summed E-state index contributed by atoms with van der Waals surface area (Å²) in [6.07, 6.45) is 7.15. The number of allylic oxidation sites excluding steroid dienone is 2. The van der Waals surface area contributed by atoms with Crippen molar-refractivity contribution >= 4 is 5.57 Å². The van der Waals surface area contributed by atoms with Crippen molar-refractivity contribution in [2.45, 2.75) is 66.3 Å². The minimum atomic E-state index is 0.317. The molecular formula is C23H35N. The average molecular weight is 326 g/mol. The number of hydrogen-bond acceptors (Lipinski definition) is 1. The van der Waals surface area contributed by atoms with Crippen LogP contribution in [0.5, 0.6) is 0 Å². The first kappa shape index (κ1) is 20.3. The van der Waals surface area contributed by atoms with Crippen LogP contribution in [0.1, 0.15) is 64.5 Å². The fraction of sp³-hybridized carbons (Fsp3) is 0.478. The first-order valence-corrected chi connectivity index (χ1v) is 9.19. The molecule has 0 spiro atoms. The molecule has 0 N–H and O–H groups in total. The van der Waals surface area contributed by atoms with Gasteiger partial charge in [-0.05, 0) is 51.7 Å². The summed E-state index contributed by atoms with van der Waals surface area (Å²) in [4.78, 5) is 2.40. The third-order valence-electron chi connectivity index (χ3n) is 4.41. The van der Waals surface area contributed by atoms with Gasteiger partial charge >= 0.3 is 0 Å². The van der Waals surface area contributed by atoms with Crippen LogP contribution in [-0.4, -0.2) is 17.5 Å². The highest BCUT2D eigenvalue weighted by Gasteiger charge is 2.14. The van der Waals surface area contributed by atoms with Crippen molar-refractivity contribution in [3.8, 4) is 0 Å². The third-order valence-corrected chi connectivity index (χ3v) is 4.41. The Morgan fingerprint density at radius 2 is 1.75 bits per heavy atom. The maximum Gasteiger partial charge on any atom is 0.0451 e. The van der Waals surface area contributed by atoms with Crippen molar-refractivity contribution in [2.75, 3.05) is 6.54 Å². The molecule has 0 fully saturated rings. The Kier molecular flexibility index (Phi) is 8.60. The molecule has 0 bridgehead atoms. The molecule has 1 aromatic carbocycles. The Balaban J connectivity index is 2.87. The number of nitrogens with zero attached hydrogens (tertiary/aromatic N) is 1. The summed E-state index contributed by atoms with van der Waals surface area (Å²) < 4.78 is 0. The van der Waals surface area contributed by atoms with Crippen molar-refractivity contribution in [3.63, 3.8) is 0 Å². The number of hydrogen-bond donors (Lipinski definition) is 0. The van der Waals surface area contributed by atoms with Gasteiger partial charge in [-0.15, -0.1) is 0 Å². The van der Waals surface area contributed by atoms with Crippen LogP contribution in [0.3, 0.4) is 0 Å². The quantitative estimate of drug-likeness (QED) is 0.339. The predicted molar refractivity (Wildman–Crippen MR) is 109 cm³/mol. The summed E-state index contributed by atoms with van der Waals surface area (Å²) in [5.74, 6) is 0. The lowest BCUT2D eigenvalue weighted by molar-refractivity contribution is 0.319. The van der Waals surface area contributed by atoms with Gasteiger partial charge in [0.25, 0.3) is 0 Å². The van der Waals surface area contributed by atoms with E-state index in [1.807, 2.05) is 0 Å². The average Bonchev–Trinajstić information content (AvgIpc) is 2.53. The van der Waals surface area contributed by atoms with Gasteiger partial charge in [-0.25, -0.2) is 0 Å². The first-order valence-electron chi connectivity index (χ1n) is 9.19. The molecule has 0 aromatic heterocycles.